The molecule has 3 rings (SSSR count). The third-order valence-corrected chi connectivity index (χ3v) is 4.54. The molecule has 2 aliphatic rings. The van der Waals surface area contributed by atoms with E-state index in [1.807, 2.05) is 0 Å². The summed E-state index contributed by atoms with van der Waals surface area (Å²) in [5.74, 6) is 1.54. The zero-order chi connectivity index (χ0) is 13.4. The number of ether oxygens (including phenoxy) is 1. The Bertz CT molecular complexity index is 489. The predicted octanol–water partition coefficient (Wildman–Crippen LogP) is 1.40. The average molecular weight is 261 g/mol. The first-order chi connectivity index (χ1) is 9.20. The van der Waals surface area contributed by atoms with E-state index in [1.165, 1.54) is 6.42 Å². The summed E-state index contributed by atoms with van der Waals surface area (Å²) in [5, 5.41) is 2.91. The fraction of sp³-hybridized carbons (Fsp3) is 0.571. The van der Waals surface area contributed by atoms with Crippen LogP contribution >= 0.6 is 0 Å². The number of anilines is 1. The second-order valence-electron chi connectivity index (χ2n) is 5.50. The van der Waals surface area contributed by atoms with Crippen LogP contribution in [-0.4, -0.2) is 24.0 Å². The third kappa shape index (κ3) is 2.08. The van der Waals surface area contributed by atoms with Gasteiger partial charge in [-0.2, -0.15) is 0 Å². The van der Waals surface area contributed by atoms with Crippen molar-refractivity contribution in [2.24, 2.45) is 23.5 Å². The van der Waals surface area contributed by atoms with Crippen LogP contribution in [0.1, 0.15) is 19.3 Å². The number of fused-ring (bicyclic) bond motifs is 2. The largest absolute Gasteiger partial charge is 0.494 e. The number of amides is 1. The molecule has 19 heavy (non-hydrogen) atoms. The molecule has 102 valence electrons. The number of methoxy groups -OCH3 is 1. The van der Waals surface area contributed by atoms with E-state index in [4.69, 9.17) is 10.5 Å². The van der Waals surface area contributed by atoms with Crippen molar-refractivity contribution in [2.45, 2.75) is 25.3 Å². The van der Waals surface area contributed by atoms with Gasteiger partial charge in [0.25, 0.3) is 0 Å². The fourth-order valence-corrected chi connectivity index (χ4v) is 3.59. The van der Waals surface area contributed by atoms with Gasteiger partial charge in [0.15, 0.2) is 0 Å². The minimum atomic E-state index is -0.0661. The molecule has 0 saturated heterocycles. The number of nitrogens with zero attached hydrogens (tertiary/aromatic N) is 1. The van der Waals surface area contributed by atoms with Crippen molar-refractivity contribution in [1.29, 1.82) is 0 Å². The molecular weight excluding hydrogens is 242 g/mol. The lowest BCUT2D eigenvalue weighted by Gasteiger charge is -2.27. The summed E-state index contributed by atoms with van der Waals surface area (Å²) in [6.07, 6.45) is 6.64. The number of nitrogens with one attached hydrogen (secondary N) is 1. The second-order valence-corrected chi connectivity index (χ2v) is 5.50. The Kier molecular flexibility index (Phi) is 3.14. The van der Waals surface area contributed by atoms with Crippen LogP contribution in [0.4, 0.5) is 5.69 Å². The van der Waals surface area contributed by atoms with E-state index in [0.717, 1.165) is 12.8 Å². The summed E-state index contributed by atoms with van der Waals surface area (Å²) in [7, 11) is 1.58. The van der Waals surface area contributed by atoms with E-state index < -0.39 is 0 Å². The van der Waals surface area contributed by atoms with Gasteiger partial charge in [0.1, 0.15) is 11.4 Å². The Morgan fingerprint density at radius 1 is 1.47 bits per heavy atom. The molecule has 1 heterocycles. The van der Waals surface area contributed by atoms with Gasteiger partial charge in [-0.05, 0) is 31.1 Å². The van der Waals surface area contributed by atoms with Crippen molar-refractivity contribution in [2.75, 3.05) is 12.4 Å². The van der Waals surface area contributed by atoms with E-state index in [-0.39, 0.29) is 17.9 Å². The minimum absolute atomic E-state index is 0.00131. The molecule has 4 unspecified atom stereocenters. The van der Waals surface area contributed by atoms with Crippen LogP contribution in [0, 0.1) is 17.8 Å². The average Bonchev–Trinajstić information content (AvgIpc) is 3.00. The molecule has 4 atom stereocenters. The molecule has 1 amide bonds. The summed E-state index contributed by atoms with van der Waals surface area (Å²) in [6.45, 7) is 0. The molecule has 5 heteroatoms. The van der Waals surface area contributed by atoms with Crippen LogP contribution in [0.15, 0.2) is 18.5 Å². The lowest BCUT2D eigenvalue weighted by Crippen LogP contribution is -2.42. The Morgan fingerprint density at radius 2 is 2.26 bits per heavy atom. The highest BCUT2D eigenvalue weighted by Crippen LogP contribution is 2.48. The van der Waals surface area contributed by atoms with Crippen molar-refractivity contribution >= 4 is 11.6 Å². The summed E-state index contributed by atoms with van der Waals surface area (Å²) < 4.78 is 5.21. The van der Waals surface area contributed by atoms with Gasteiger partial charge < -0.3 is 15.8 Å². The van der Waals surface area contributed by atoms with E-state index in [9.17, 15) is 4.79 Å². The summed E-state index contributed by atoms with van der Waals surface area (Å²) >= 11 is 0. The van der Waals surface area contributed by atoms with Crippen LogP contribution in [-0.2, 0) is 4.79 Å². The maximum absolute atomic E-state index is 12.4. The molecule has 3 N–H and O–H groups in total. The van der Waals surface area contributed by atoms with Crippen LogP contribution in [0.5, 0.6) is 5.75 Å². The number of aromatic nitrogens is 1. The Hall–Kier alpha value is -1.62. The SMILES string of the molecule is COc1ccncc1NC(=O)C1C2CCC(C2)C1N. The number of pyridine rings is 1. The number of nitrogens with two attached hydrogens (primary N) is 1. The van der Waals surface area contributed by atoms with E-state index in [1.54, 1.807) is 25.6 Å². The molecular formula is C14H19N3O2. The molecule has 0 aromatic carbocycles. The molecule has 1 aromatic heterocycles. The number of hydrogen-bond donors (Lipinski definition) is 2. The highest BCUT2D eigenvalue weighted by Gasteiger charge is 2.49. The second kappa shape index (κ2) is 4.81. The number of hydrogen-bond acceptors (Lipinski definition) is 4. The molecule has 2 aliphatic carbocycles. The zero-order valence-electron chi connectivity index (χ0n) is 11.0. The van der Waals surface area contributed by atoms with E-state index >= 15 is 0 Å². The Balaban J connectivity index is 1.75. The molecule has 0 radical (unpaired) electrons. The lowest BCUT2D eigenvalue weighted by molar-refractivity contribution is -0.121. The van der Waals surface area contributed by atoms with Crippen LogP contribution < -0.4 is 15.8 Å². The molecule has 0 spiro atoms. The van der Waals surface area contributed by atoms with E-state index in [0.29, 0.717) is 23.3 Å². The van der Waals surface area contributed by atoms with Crippen molar-refractivity contribution in [3.8, 4) is 5.75 Å². The van der Waals surface area contributed by atoms with Crippen molar-refractivity contribution in [3.63, 3.8) is 0 Å². The highest BCUT2D eigenvalue weighted by molar-refractivity contribution is 5.94. The number of rotatable bonds is 3. The highest BCUT2D eigenvalue weighted by atomic mass is 16.5. The maximum Gasteiger partial charge on any atom is 0.229 e. The van der Waals surface area contributed by atoms with Gasteiger partial charge in [-0.1, -0.05) is 0 Å². The Morgan fingerprint density at radius 3 is 2.95 bits per heavy atom. The topological polar surface area (TPSA) is 77.2 Å². The summed E-state index contributed by atoms with van der Waals surface area (Å²) in [6, 6.07) is 1.73. The van der Waals surface area contributed by atoms with Gasteiger partial charge in [0.2, 0.25) is 5.91 Å². The first kappa shape index (κ1) is 12.4. The van der Waals surface area contributed by atoms with Gasteiger partial charge in [-0.25, -0.2) is 0 Å². The molecule has 5 nitrogen and oxygen atoms in total. The number of carbonyl (C=O) groups is 1. The first-order valence-corrected chi connectivity index (χ1v) is 6.75. The summed E-state index contributed by atoms with van der Waals surface area (Å²) in [4.78, 5) is 16.4. The quantitative estimate of drug-likeness (QED) is 0.862. The van der Waals surface area contributed by atoms with Gasteiger partial charge in [0.05, 0.1) is 19.2 Å². The van der Waals surface area contributed by atoms with Gasteiger partial charge in [-0.15, -0.1) is 0 Å². The van der Waals surface area contributed by atoms with Crippen molar-refractivity contribution in [1.82, 2.24) is 4.98 Å². The van der Waals surface area contributed by atoms with Crippen molar-refractivity contribution < 1.29 is 9.53 Å². The monoisotopic (exact) mass is 261 g/mol. The first-order valence-electron chi connectivity index (χ1n) is 6.75. The third-order valence-electron chi connectivity index (χ3n) is 4.54. The molecule has 1 aromatic rings. The van der Waals surface area contributed by atoms with Gasteiger partial charge >= 0.3 is 0 Å². The molecule has 2 bridgehead atoms. The minimum Gasteiger partial charge on any atom is -0.494 e. The lowest BCUT2D eigenvalue weighted by atomic mass is 9.84. The predicted molar refractivity (Wildman–Crippen MR) is 71.7 cm³/mol. The van der Waals surface area contributed by atoms with Gasteiger partial charge in [-0.3, -0.25) is 9.78 Å². The zero-order valence-corrected chi connectivity index (χ0v) is 11.0. The maximum atomic E-state index is 12.4. The normalized spacial score (nSPS) is 32.3. The van der Waals surface area contributed by atoms with Gasteiger partial charge in [0, 0.05) is 18.3 Å². The smallest absolute Gasteiger partial charge is 0.229 e. The standard InChI is InChI=1S/C14H19N3O2/c1-19-11-4-5-16-7-10(11)17-14(18)12-8-2-3-9(6-8)13(12)15/h4-5,7-9,12-13H,2-3,6,15H2,1H3,(H,17,18). The van der Waals surface area contributed by atoms with E-state index in [2.05, 4.69) is 10.3 Å². The summed E-state index contributed by atoms with van der Waals surface area (Å²) in [5.41, 5.74) is 6.80. The molecule has 2 saturated carbocycles. The number of carbonyl (C=O) groups excluding carboxylic acids is 1. The fourth-order valence-electron chi connectivity index (χ4n) is 3.59. The Labute approximate surface area is 112 Å². The van der Waals surface area contributed by atoms with Crippen molar-refractivity contribution in [3.05, 3.63) is 18.5 Å². The molecule has 2 fully saturated rings. The molecule has 0 aliphatic heterocycles. The van der Waals surface area contributed by atoms with Crippen LogP contribution in [0.2, 0.25) is 0 Å². The van der Waals surface area contributed by atoms with Crippen LogP contribution in [0.25, 0.3) is 0 Å². The van der Waals surface area contributed by atoms with Crippen LogP contribution in [0.3, 0.4) is 0 Å².